The highest BCUT2D eigenvalue weighted by Gasteiger charge is 2.35. The number of nitrogens with zero attached hydrogens (tertiary/aromatic N) is 2. The SMILES string of the molecule is CC1(C)c2ccc(-c3ccc4c5ccccc5n(-c5ccccc5)c4c3)cc2-c2ccc(-c3ccc(-c4cccnc4)cc3)cc21. The van der Waals surface area contributed by atoms with Crippen molar-refractivity contribution in [2.45, 2.75) is 19.3 Å². The summed E-state index contributed by atoms with van der Waals surface area (Å²) in [6, 6.07) is 53.3. The summed E-state index contributed by atoms with van der Waals surface area (Å²) in [5.41, 5.74) is 16.2. The molecular formula is C44H32N2. The van der Waals surface area contributed by atoms with Gasteiger partial charge in [0.25, 0.3) is 0 Å². The van der Waals surface area contributed by atoms with Crippen LogP contribution in [0, 0.1) is 0 Å². The maximum Gasteiger partial charge on any atom is 0.0547 e. The van der Waals surface area contributed by atoms with Crippen LogP contribution in [0.15, 0.2) is 158 Å². The van der Waals surface area contributed by atoms with Gasteiger partial charge >= 0.3 is 0 Å². The normalized spacial score (nSPS) is 13.2. The minimum absolute atomic E-state index is 0.0848. The molecule has 0 amide bonds. The second-order valence-electron chi connectivity index (χ2n) is 12.9. The minimum Gasteiger partial charge on any atom is -0.309 e. The molecule has 0 unspecified atom stereocenters. The van der Waals surface area contributed by atoms with Crippen molar-refractivity contribution in [1.82, 2.24) is 9.55 Å². The molecule has 0 atom stereocenters. The van der Waals surface area contributed by atoms with E-state index in [1.54, 1.807) is 0 Å². The lowest BCUT2D eigenvalue weighted by atomic mass is 9.81. The number of para-hydroxylation sites is 2. The van der Waals surface area contributed by atoms with Gasteiger partial charge in [0, 0.05) is 34.3 Å². The van der Waals surface area contributed by atoms with Gasteiger partial charge in [-0.3, -0.25) is 4.98 Å². The Morgan fingerprint density at radius 1 is 0.457 bits per heavy atom. The standard InChI is InChI=1S/C44H32N2/c1-44(2)40-23-20-31(33-19-22-38-37-12-6-7-13-42(37)46(43(38)27-33)35-10-4-3-5-11-35)25-39(40)36-21-18-32(26-41(36)44)29-14-16-30(17-15-29)34-9-8-24-45-28-34/h3-28H,1-2H3. The van der Waals surface area contributed by atoms with Gasteiger partial charge in [-0.15, -0.1) is 0 Å². The van der Waals surface area contributed by atoms with Crippen LogP contribution in [-0.2, 0) is 5.41 Å². The van der Waals surface area contributed by atoms with Crippen molar-refractivity contribution in [3.63, 3.8) is 0 Å². The first-order valence-electron chi connectivity index (χ1n) is 16.0. The molecule has 0 radical (unpaired) electrons. The molecule has 2 aromatic heterocycles. The highest BCUT2D eigenvalue weighted by Crippen LogP contribution is 2.51. The van der Waals surface area contributed by atoms with E-state index in [2.05, 4.69) is 163 Å². The summed E-state index contributed by atoms with van der Waals surface area (Å²) in [4.78, 5) is 4.28. The molecule has 2 nitrogen and oxygen atoms in total. The van der Waals surface area contributed by atoms with Gasteiger partial charge in [0.2, 0.25) is 0 Å². The van der Waals surface area contributed by atoms with Crippen LogP contribution in [0.3, 0.4) is 0 Å². The van der Waals surface area contributed by atoms with Crippen LogP contribution in [0.2, 0.25) is 0 Å². The largest absolute Gasteiger partial charge is 0.309 e. The molecule has 46 heavy (non-hydrogen) atoms. The first-order valence-corrected chi connectivity index (χ1v) is 16.0. The summed E-state index contributed by atoms with van der Waals surface area (Å²) >= 11 is 0. The average Bonchev–Trinajstić information content (AvgIpc) is 3.56. The second kappa shape index (κ2) is 10.2. The molecular weight excluding hydrogens is 556 g/mol. The van der Waals surface area contributed by atoms with Crippen LogP contribution in [0.4, 0.5) is 0 Å². The van der Waals surface area contributed by atoms with E-state index in [1.165, 1.54) is 77.6 Å². The predicted molar refractivity (Wildman–Crippen MR) is 192 cm³/mol. The average molecular weight is 589 g/mol. The number of hydrogen-bond donors (Lipinski definition) is 0. The summed E-state index contributed by atoms with van der Waals surface area (Å²) in [6.07, 6.45) is 3.73. The van der Waals surface area contributed by atoms with E-state index in [1.807, 2.05) is 18.5 Å². The van der Waals surface area contributed by atoms with Crippen LogP contribution < -0.4 is 0 Å². The molecule has 1 aliphatic rings. The molecule has 0 N–H and O–H groups in total. The Kier molecular flexibility index (Phi) is 5.88. The molecule has 1 aliphatic carbocycles. The van der Waals surface area contributed by atoms with Crippen LogP contribution in [0.1, 0.15) is 25.0 Å². The third kappa shape index (κ3) is 4.07. The highest BCUT2D eigenvalue weighted by molar-refractivity contribution is 6.10. The topological polar surface area (TPSA) is 17.8 Å². The van der Waals surface area contributed by atoms with Gasteiger partial charge in [0.1, 0.15) is 0 Å². The van der Waals surface area contributed by atoms with Crippen LogP contribution in [0.25, 0.3) is 72.0 Å². The van der Waals surface area contributed by atoms with Crippen LogP contribution in [0.5, 0.6) is 0 Å². The predicted octanol–water partition coefficient (Wildman–Crippen LogP) is 11.5. The first kappa shape index (κ1) is 26.7. The van der Waals surface area contributed by atoms with Crippen molar-refractivity contribution in [2.75, 3.05) is 0 Å². The Hall–Kier alpha value is -5.73. The smallest absolute Gasteiger partial charge is 0.0547 e. The third-order valence-electron chi connectivity index (χ3n) is 9.91. The third-order valence-corrected chi connectivity index (χ3v) is 9.91. The summed E-state index contributed by atoms with van der Waals surface area (Å²) < 4.78 is 2.39. The van der Waals surface area contributed by atoms with Crippen molar-refractivity contribution in [1.29, 1.82) is 0 Å². The lowest BCUT2D eigenvalue weighted by molar-refractivity contribution is 0.660. The number of benzene rings is 6. The van der Waals surface area contributed by atoms with Gasteiger partial charge in [0.15, 0.2) is 0 Å². The Bertz CT molecular complexity index is 2410. The van der Waals surface area contributed by atoms with Crippen molar-refractivity contribution in [3.05, 3.63) is 169 Å². The molecule has 9 rings (SSSR count). The maximum absolute atomic E-state index is 4.28. The van der Waals surface area contributed by atoms with E-state index in [0.29, 0.717) is 0 Å². The quantitative estimate of drug-likeness (QED) is 0.200. The molecule has 2 heteroatoms. The lowest BCUT2D eigenvalue weighted by Gasteiger charge is -2.22. The van der Waals surface area contributed by atoms with Crippen molar-refractivity contribution < 1.29 is 0 Å². The molecule has 2 heterocycles. The van der Waals surface area contributed by atoms with E-state index < -0.39 is 0 Å². The van der Waals surface area contributed by atoms with Gasteiger partial charge in [-0.2, -0.15) is 0 Å². The summed E-state index contributed by atoms with van der Waals surface area (Å²) in [6.45, 7) is 4.72. The molecule has 0 bridgehead atoms. The van der Waals surface area contributed by atoms with Gasteiger partial charge in [0.05, 0.1) is 11.0 Å². The van der Waals surface area contributed by atoms with E-state index in [0.717, 1.165) is 5.56 Å². The van der Waals surface area contributed by atoms with Gasteiger partial charge in [-0.05, 0) is 98.1 Å². The second-order valence-corrected chi connectivity index (χ2v) is 12.9. The molecule has 0 fully saturated rings. The molecule has 8 aromatic rings. The Morgan fingerprint density at radius 3 is 1.91 bits per heavy atom. The van der Waals surface area contributed by atoms with E-state index in [9.17, 15) is 0 Å². The van der Waals surface area contributed by atoms with Gasteiger partial charge in [-0.25, -0.2) is 0 Å². The Morgan fingerprint density at radius 2 is 1.11 bits per heavy atom. The first-order chi connectivity index (χ1) is 22.6. The van der Waals surface area contributed by atoms with Crippen molar-refractivity contribution >= 4 is 21.8 Å². The summed E-state index contributed by atoms with van der Waals surface area (Å²) in [5.74, 6) is 0. The zero-order valence-corrected chi connectivity index (χ0v) is 25.9. The molecule has 0 aliphatic heterocycles. The van der Waals surface area contributed by atoms with Crippen LogP contribution >= 0.6 is 0 Å². The molecule has 0 saturated heterocycles. The highest BCUT2D eigenvalue weighted by atomic mass is 15.0. The number of aromatic nitrogens is 2. The van der Waals surface area contributed by atoms with Crippen molar-refractivity contribution in [3.8, 4) is 50.2 Å². The zero-order valence-electron chi connectivity index (χ0n) is 25.9. The van der Waals surface area contributed by atoms with Crippen molar-refractivity contribution in [2.24, 2.45) is 0 Å². The fraction of sp³-hybridized carbons (Fsp3) is 0.0682. The summed E-state index contributed by atoms with van der Waals surface area (Å²) in [5, 5.41) is 2.55. The number of fused-ring (bicyclic) bond motifs is 6. The van der Waals surface area contributed by atoms with Gasteiger partial charge < -0.3 is 4.57 Å². The molecule has 0 spiro atoms. The number of rotatable bonds is 4. The summed E-state index contributed by atoms with van der Waals surface area (Å²) in [7, 11) is 0. The van der Waals surface area contributed by atoms with Crippen LogP contribution in [-0.4, -0.2) is 9.55 Å². The fourth-order valence-electron chi connectivity index (χ4n) is 7.51. The minimum atomic E-state index is -0.0848. The molecule has 6 aromatic carbocycles. The van der Waals surface area contributed by atoms with E-state index in [-0.39, 0.29) is 5.41 Å². The molecule has 218 valence electrons. The molecule has 0 saturated carbocycles. The monoisotopic (exact) mass is 588 g/mol. The number of pyridine rings is 1. The number of hydrogen-bond acceptors (Lipinski definition) is 1. The van der Waals surface area contributed by atoms with Gasteiger partial charge in [-0.1, -0.05) is 117 Å². The fourth-order valence-corrected chi connectivity index (χ4v) is 7.51. The van der Waals surface area contributed by atoms with E-state index >= 15 is 0 Å². The zero-order chi connectivity index (χ0) is 30.8. The Labute approximate surface area is 269 Å². The van der Waals surface area contributed by atoms with E-state index in [4.69, 9.17) is 0 Å². The maximum atomic E-state index is 4.28. The Balaban J connectivity index is 1.13. The lowest BCUT2D eigenvalue weighted by Crippen LogP contribution is -2.15.